The van der Waals surface area contributed by atoms with Crippen molar-refractivity contribution in [3.63, 3.8) is 0 Å². The van der Waals surface area contributed by atoms with Gasteiger partial charge in [-0.3, -0.25) is 0 Å². The average molecular weight is 343 g/mol. The van der Waals surface area contributed by atoms with Crippen molar-refractivity contribution in [3.8, 4) is 0 Å². The van der Waals surface area contributed by atoms with Gasteiger partial charge in [-0.1, -0.05) is 0 Å². The second-order valence-corrected chi connectivity index (χ2v) is 7.13. The first-order valence-corrected chi connectivity index (χ1v) is 8.91. The van der Waals surface area contributed by atoms with Crippen LogP contribution in [0.5, 0.6) is 0 Å². The van der Waals surface area contributed by atoms with E-state index in [4.69, 9.17) is 9.47 Å². The molecule has 1 aromatic rings. The normalized spacial score (nSPS) is 12.9. The third-order valence-corrected chi connectivity index (χ3v) is 3.70. The zero-order valence-corrected chi connectivity index (χ0v) is 15.4. The Morgan fingerprint density at radius 2 is 2.17 bits per heavy atom. The summed E-state index contributed by atoms with van der Waals surface area (Å²) in [4.78, 5) is 15.8. The van der Waals surface area contributed by atoms with Crippen molar-refractivity contribution in [3.05, 3.63) is 16.6 Å². The van der Waals surface area contributed by atoms with Gasteiger partial charge in [0, 0.05) is 38.0 Å². The molecule has 1 rings (SSSR count). The number of alkyl carbamates (subject to hydrolysis) is 1. The molecule has 0 aliphatic carbocycles. The highest BCUT2D eigenvalue weighted by molar-refractivity contribution is 7.07. The number of carbonyl (C=O) groups excluding carboxylic acids is 1. The summed E-state index contributed by atoms with van der Waals surface area (Å²) in [5.74, 6) is 0. The molecule has 23 heavy (non-hydrogen) atoms. The molecule has 1 unspecified atom stereocenters. The van der Waals surface area contributed by atoms with Gasteiger partial charge in [0.25, 0.3) is 0 Å². The number of nitrogens with zero attached hydrogens (tertiary/aromatic N) is 1. The van der Waals surface area contributed by atoms with Crippen LogP contribution in [-0.4, -0.2) is 49.5 Å². The van der Waals surface area contributed by atoms with E-state index in [1.807, 2.05) is 26.3 Å². The minimum atomic E-state index is -0.458. The van der Waals surface area contributed by atoms with Crippen molar-refractivity contribution in [2.45, 2.75) is 51.7 Å². The number of nitrogens with one attached hydrogen (secondary N) is 2. The molecule has 1 aromatic heterocycles. The minimum absolute atomic E-state index is 0.277. The smallest absolute Gasteiger partial charge is 0.407 e. The molecule has 1 atom stereocenters. The third kappa shape index (κ3) is 10.3. The van der Waals surface area contributed by atoms with Gasteiger partial charge in [-0.2, -0.15) is 0 Å². The molecule has 132 valence electrons. The maximum atomic E-state index is 11.6. The number of thiazole rings is 1. The number of hydrogen-bond donors (Lipinski definition) is 2. The summed E-state index contributed by atoms with van der Waals surface area (Å²) < 4.78 is 10.4. The van der Waals surface area contributed by atoms with Gasteiger partial charge in [-0.05, 0) is 33.6 Å². The van der Waals surface area contributed by atoms with Crippen LogP contribution < -0.4 is 10.6 Å². The molecular weight excluding hydrogens is 314 g/mol. The number of ether oxygens (including phenoxy) is 2. The summed E-state index contributed by atoms with van der Waals surface area (Å²) in [5.41, 5.74) is 2.51. The predicted octanol–water partition coefficient (Wildman–Crippen LogP) is 2.60. The SMILES string of the molecule is COCC(CCCNC(=O)OC(C)(C)C)NCCc1cscn1. The molecule has 0 saturated heterocycles. The van der Waals surface area contributed by atoms with E-state index in [1.165, 1.54) is 0 Å². The first-order chi connectivity index (χ1) is 10.9. The van der Waals surface area contributed by atoms with E-state index < -0.39 is 5.60 Å². The summed E-state index contributed by atoms with van der Waals surface area (Å²) in [6.45, 7) is 7.69. The summed E-state index contributed by atoms with van der Waals surface area (Å²) in [6, 6.07) is 0.277. The molecule has 7 heteroatoms. The van der Waals surface area contributed by atoms with Crippen molar-refractivity contribution in [2.24, 2.45) is 0 Å². The molecule has 0 saturated carbocycles. The molecule has 0 bridgehead atoms. The Morgan fingerprint density at radius 1 is 1.39 bits per heavy atom. The molecule has 2 N–H and O–H groups in total. The van der Waals surface area contributed by atoms with Gasteiger partial charge in [0.2, 0.25) is 0 Å². The highest BCUT2D eigenvalue weighted by Gasteiger charge is 2.15. The number of aromatic nitrogens is 1. The van der Waals surface area contributed by atoms with E-state index in [1.54, 1.807) is 18.4 Å². The fraction of sp³-hybridized carbons (Fsp3) is 0.750. The maximum Gasteiger partial charge on any atom is 0.407 e. The Hall–Kier alpha value is -1.18. The zero-order chi connectivity index (χ0) is 17.1. The van der Waals surface area contributed by atoms with Crippen molar-refractivity contribution in [1.29, 1.82) is 0 Å². The van der Waals surface area contributed by atoms with Gasteiger partial charge in [-0.15, -0.1) is 11.3 Å². The molecule has 0 radical (unpaired) electrons. The maximum absolute atomic E-state index is 11.6. The lowest BCUT2D eigenvalue weighted by atomic mass is 10.1. The topological polar surface area (TPSA) is 72.5 Å². The molecule has 1 amide bonds. The third-order valence-electron chi connectivity index (χ3n) is 3.06. The summed E-state index contributed by atoms with van der Waals surface area (Å²) >= 11 is 1.62. The average Bonchev–Trinajstić information content (AvgIpc) is 2.94. The van der Waals surface area contributed by atoms with Gasteiger partial charge in [0.15, 0.2) is 0 Å². The van der Waals surface area contributed by atoms with Crippen molar-refractivity contribution in [2.75, 3.05) is 26.8 Å². The van der Waals surface area contributed by atoms with Crippen molar-refractivity contribution in [1.82, 2.24) is 15.6 Å². The van der Waals surface area contributed by atoms with Crippen LogP contribution in [0, 0.1) is 0 Å². The van der Waals surface area contributed by atoms with Gasteiger partial charge in [0.05, 0.1) is 17.8 Å². The first kappa shape index (κ1) is 19.9. The first-order valence-electron chi connectivity index (χ1n) is 7.97. The lowest BCUT2D eigenvalue weighted by Gasteiger charge is -2.20. The highest BCUT2D eigenvalue weighted by atomic mass is 32.1. The number of amides is 1. The number of rotatable bonds is 10. The van der Waals surface area contributed by atoms with Gasteiger partial charge in [0.1, 0.15) is 5.60 Å². The zero-order valence-electron chi connectivity index (χ0n) is 14.6. The Balaban J connectivity index is 2.16. The minimum Gasteiger partial charge on any atom is -0.444 e. The van der Waals surface area contributed by atoms with E-state index in [-0.39, 0.29) is 12.1 Å². The van der Waals surface area contributed by atoms with Crippen LogP contribution in [0.1, 0.15) is 39.3 Å². The molecule has 0 aliphatic rings. The molecular formula is C16H29N3O3S. The predicted molar refractivity (Wildman–Crippen MR) is 93.0 cm³/mol. The van der Waals surface area contributed by atoms with Gasteiger partial charge >= 0.3 is 6.09 Å². The largest absolute Gasteiger partial charge is 0.444 e. The second kappa shape index (κ2) is 10.6. The van der Waals surface area contributed by atoms with Crippen molar-refractivity contribution < 1.29 is 14.3 Å². The Bertz CT molecular complexity index is 432. The van der Waals surface area contributed by atoms with Crippen LogP contribution >= 0.6 is 11.3 Å². The van der Waals surface area contributed by atoms with E-state index in [9.17, 15) is 4.79 Å². The molecule has 0 aromatic carbocycles. The second-order valence-electron chi connectivity index (χ2n) is 6.41. The molecule has 0 fully saturated rings. The highest BCUT2D eigenvalue weighted by Crippen LogP contribution is 2.06. The van der Waals surface area contributed by atoms with Crippen LogP contribution in [0.3, 0.4) is 0 Å². The van der Waals surface area contributed by atoms with Crippen LogP contribution in [0.4, 0.5) is 4.79 Å². The monoisotopic (exact) mass is 343 g/mol. The van der Waals surface area contributed by atoms with Crippen LogP contribution in [0.2, 0.25) is 0 Å². The summed E-state index contributed by atoms with van der Waals surface area (Å²) in [6.07, 6.45) is 2.36. The van der Waals surface area contributed by atoms with Crippen LogP contribution in [0.25, 0.3) is 0 Å². The molecule has 1 heterocycles. The van der Waals surface area contributed by atoms with E-state index in [0.29, 0.717) is 13.2 Å². The Morgan fingerprint density at radius 3 is 2.78 bits per heavy atom. The Labute approximate surface area is 143 Å². The summed E-state index contributed by atoms with van der Waals surface area (Å²) in [7, 11) is 1.70. The molecule has 0 aliphatic heterocycles. The Kier molecular flexibility index (Phi) is 9.13. The van der Waals surface area contributed by atoms with Gasteiger partial charge in [-0.25, -0.2) is 9.78 Å². The number of methoxy groups -OCH3 is 1. The lowest BCUT2D eigenvalue weighted by molar-refractivity contribution is 0.0526. The number of hydrogen-bond acceptors (Lipinski definition) is 6. The van der Waals surface area contributed by atoms with Crippen LogP contribution in [-0.2, 0) is 15.9 Å². The molecule has 0 spiro atoms. The molecule has 6 nitrogen and oxygen atoms in total. The lowest BCUT2D eigenvalue weighted by Crippen LogP contribution is -2.36. The number of carbonyl (C=O) groups is 1. The van der Waals surface area contributed by atoms with E-state index in [0.717, 1.165) is 31.5 Å². The summed E-state index contributed by atoms with van der Waals surface area (Å²) in [5, 5.41) is 8.32. The van der Waals surface area contributed by atoms with Crippen LogP contribution in [0.15, 0.2) is 10.9 Å². The standard InChI is InChI=1S/C16H29N3O3S/c1-16(2,3)22-15(20)18-8-5-6-13(10-21-4)17-9-7-14-11-23-12-19-14/h11-13,17H,5-10H2,1-4H3,(H,18,20). The quantitative estimate of drug-likeness (QED) is 0.639. The van der Waals surface area contributed by atoms with Gasteiger partial charge < -0.3 is 20.1 Å². The fourth-order valence-corrected chi connectivity index (χ4v) is 2.66. The van der Waals surface area contributed by atoms with E-state index in [2.05, 4.69) is 21.0 Å². The van der Waals surface area contributed by atoms with Crippen molar-refractivity contribution >= 4 is 17.4 Å². The van der Waals surface area contributed by atoms with E-state index >= 15 is 0 Å². The fourth-order valence-electron chi connectivity index (χ4n) is 2.06.